The number of aryl methyl sites for hydroxylation is 1. The van der Waals surface area contributed by atoms with Gasteiger partial charge in [-0.3, -0.25) is 0 Å². The lowest BCUT2D eigenvalue weighted by atomic mass is 10.1. The van der Waals surface area contributed by atoms with Crippen molar-refractivity contribution >= 4 is 12.4 Å². The molecule has 1 rings (SSSR count). The number of halogens is 1. The van der Waals surface area contributed by atoms with Gasteiger partial charge in [-0.1, -0.05) is 6.07 Å². The van der Waals surface area contributed by atoms with Gasteiger partial charge in [-0.25, -0.2) is 0 Å². The van der Waals surface area contributed by atoms with Crippen molar-refractivity contribution in [3.05, 3.63) is 29.3 Å². The maximum absolute atomic E-state index is 5.17. The summed E-state index contributed by atoms with van der Waals surface area (Å²) >= 11 is 0. The molecule has 0 aliphatic carbocycles. The number of nitrogens with zero attached hydrogens (tertiary/aromatic N) is 1. The fraction of sp³-hybridized carbons (Fsp3) is 0.455. The molecule has 0 radical (unpaired) electrons. The Morgan fingerprint density at radius 3 is 2.43 bits per heavy atom. The van der Waals surface area contributed by atoms with Crippen LogP contribution in [0.5, 0.6) is 5.75 Å². The molecule has 0 bridgehead atoms. The number of rotatable bonds is 3. The van der Waals surface area contributed by atoms with E-state index in [1.807, 2.05) is 6.07 Å². The Balaban J connectivity index is 0.00000169. The van der Waals surface area contributed by atoms with E-state index in [2.05, 4.69) is 38.1 Å². The van der Waals surface area contributed by atoms with E-state index in [1.54, 1.807) is 7.11 Å². The minimum Gasteiger partial charge on any atom is -0.497 e. The third kappa shape index (κ3) is 3.56. The molecule has 2 nitrogen and oxygen atoms in total. The molecule has 0 atom stereocenters. The van der Waals surface area contributed by atoms with E-state index in [4.69, 9.17) is 4.74 Å². The number of methoxy groups -OCH3 is 1. The molecule has 14 heavy (non-hydrogen) atoms. The fourth-order valence-corrected chi connectivity index (χ4v) is 1.29. The molecular formula is C11H18ClNO. The maximum Gasteiger partial charge on any atom is 0.119 e. The first-order chi connectivity index (χ1) is 6.13. The number of ether oxygens (including phenoxy) is 1. The zero-order valence-electron chi connectivity index (χ0n) is 9.20. The van der Waals surface area contributed by atoms with Gasteiger partial charge in [-0.05, 0) is 44.3 Å². The largest absolute Gasteiger partial charge is 0.497 e. The van der Waals surface area contributed by atoms with Gasteiger partial charge in [0.25, 0.3) is 0 Å². The molecule has 0 saturated carbocycles. The van der Waals surface area contributed by atoms with E-state index >= 15 is 0 Å². The van der Waals surface area contributed by atoms with Crippen molar-refractivity contribution in [2.75, 3.05) is 21.2 Å². The van der Waals surface area contributed by atoms with Crippen molar-refractivity contribution in [2.24, 2.45) is 0 Å². The Morgan fingerprint density at radius 2 is 1.93 bits per heavy atom. The van der Waals surface area contributed by atoms with Crippen LogP contribution >= 0.6 is 12.4 Å². The van der Waals surface area contributed by atoms with Gasteiger partial charge in [-0.2, -0.15) is 0 Å². The molecule has 80 valence electrons. The second kappa shape index (κ2) is 5.89. The average Bonchev–Trinajstić information content (AvgIpc) is 2.08. The highest BCUT2D eigenvalue weighted by atomic mass is 35.5. The van der Waals surface area contributed by atoms with Crippen LogP contribution in [-0.2, 0) is 6.54 Å². The van der Waals surface area contributed by atoms with Crippen molar-refractivity contribution in [1.82, 2.24) is 4.90 Å². The maximum atomic E-state index is 5.17. The van der Waals surface area contributed by atoms with Crippen LogP contribution in [0.1, 0.15) is 11.1 Å². The highest BCUT2D eigenvalue weighted by Gasteiger charge is 2.01. The summed E-state index contributed by atoms with van der Waals surface area (Å²) in [6, 6.07) is 6.18. The molecule has 0 N–H and O–H groups in total. The lowest BCUT2D eigenvalue weighted by Gasteiger charge is -2.13. The van der Waals surface area contributed by atoms with Gasteiger partial charge >= 0.3 is 0 Å². The van der Waals surface area contributed by atoms with Crippen molar-refractivity contribution in [1.29, 1.82) is 0 Å². The van der Waals surface area contributed by atoms with E-state index in [0.29, 0.717) is 0 Å². The quantitative estimate of drug-likeness (QED) is 0.768. The molecule has 0 aliphatic heterocycles. The van der Waals surface area contributed by atoms with Crippen molar-refractivity contribution < 1.29 is 4.74 Å². The second-order valence-electron chi connectivity index (χ2n) is 3.53. The summed E-state index contributed by atoms with van der Waals surface area (Å²) in [5, 5.41) is 0. The smallest absolute Gasteiger partial charge is 0.119 e. The Morgan fingerprint density at radius 1 is 1.29 bits per heavy atom. The molecule has 0 amide bonds. The molecule has 0 spiro atoms. The summed E-state index contributed by atoms with van der Waals surface area (Å²) in [4.78, 5) is 2.15. The van der Waals surface area contributed by atoms with Gasteiger partial charge < -0.3 is 9.64 Å². The highest BCUT2D eigenvalue weighted by molar-refractivity contribution is 5.85. The third-order valence-corrected chi connectivity index (χ3v) is 2.04. The third-order valence-electron chi connectivity index (χ3n) is 2.04. The first kappa shape index (κ1) is 13.3. The Hall–Kier alpha value is -0.730. The van der Waals surface area contributed by atoms with Crippen LogP contribution in [0.4, 0.5) is 0 Å². The van der Waals surface area contributed by atoms with Crippen LogP contribution < -0.4 is 4.74 Å². The van der Waals surface area contributed by atoms with Crippen LogP contribution in [0.3, 0.4) is 0 Å². The standard InChI is InChI=1S/C11H17NO.ClH/c1-9-5-6-11(13-4)7-10(9)8-12(2)3;/h5-7H,8H2,1-4H3;1H. The normalized spacial score (nSPS) is 9.79. The monoisotopic (exact) mass is 215 g/mol. The Bertz CT molecular complexity index is 287. The minimum absolute atomic E-state index is 0. The zero-order chi connectivity index (χ0) is 9.84. The average molecular weight is 216 g/mol. The molecule has 0 heterocycles. The van der Waals surface area contributed by atoms with Gasteiger partial charge in [-0.15, -0.1) is 12.4 Å². The molecule has 0 fully saturated rings. The molecule has 1 aromatic carbocycles. The SMILES string of the molecule is COc1ccc(C)c(CN(C)C)c1.Cl. The molecule has 3 heteroatoms. The van der Waals surface area contributed by atoms with E-state index in [1.165, 1.54) is 11.1 Å². The summed E-state index contributed by atoms with van der Waals surface area (Å²) in [5.41, 5.74) is 2.64. The summed E-state index contributed by atoms with van der Waals surface area (Å²) in [7, 11) is 5.84. The summed E-state index contributed by atoms with van der Waals surface area (Å²) < 4.78 is 5.17. The first-order valence-corrected chi connectivity index (χ1v) is 4.41. The predicted molar refractivity (Wildman–Crippen MR) is 62.4 cm³/mol. The lowest BCUT2D eigenvalue weighted by molar-refractivity contribution is 0.394. The topological polar surface area (TPSA) is 12.5 Å². The van der Waals surface area contributed by atoms with Gasteiger partial charge in [0.2, 0.25) is 0 Å². The number of hydrogen-bond acceptors (Lipinski definition) is 2. The highest BCUT2D eigenvalue weighted by Crippen LogP contribution is 2.17. The Labute approximate surface area is 92.3 Å². The minimum atomic E-state index is 0. The van der Waals surface area contributed by atoms with E-state index in [0.717, 1.165) is 12.3 Å². The molecule has 1 aromatic rings. The zero-order valence-corrected chi connectivity index (χ0v) is 10.0. The van der Waals surface area contributed by atoms with Crippen molar-refractivity contribution in [2.45, 2.75) is 13.5 Å². The van der Waals surface area contributed by atoms with Crippen LogP contribution in [0, 0.1) is 6.92 Å². The van der Waals surface area contributed by atoms with Gasteiger partial charge in [0.05, 0.1) is 7.11 Å². The van der Waals surface area contributed by atoms with Gasteiger partial charge in [0.1, 0.15) is 5.75 Å². The molecule has 0 unspecified atom stereocenters. The van der Waals surface area contributed by atoms with Crippen LogP contribution in [0.25, 0.3) is 0 Å². The van der Waals surface area contributed by atoms with Crippen LogP contribution in [0.2, 0.25) is 0 Å². The number of benzene rings is 1. The van der Waals surface area contributed by atoms with E-state index in [-0.39, 0.29) is 12.4 Å². The predicted octanol–water partition coefficient (Wildman–Crippen LogP) is 2.49. The fourth-order valence-electron chi connectivity index (χ4n) is 1.29. The molecule has 0 aromatic heterocycles. The first-order valence-electron chi connectivity index (χ1n) is 4.41. The second-order valence-corrected chi connectivity index (χ2v) is 3.53. The van der Waals surface area contributed by atoms with Gasteiger partial charge in [0.15, 0.2) is 0 Å². The Kier molecular flexibility index (Phi) is 5.58. The lowest BCUT2D eigenvalue weighted by Crippen LogP contribution is -2.11. The molecule has 0 saturated heterocycles. The van der Waals surface area contributed by atoms with Crippen molar-refractivity contribution in [3.8, 4) is 5.75 Å². The summed E-state index contributed by atoms with van der Waals surface area (Å²) in [6.45, 7) is 3.08. The number of hydrogen-bond donors (Lipinski definition) is 0. The van der Waals surface area contributed by atoms with Gasteiger partial charge in [0, 0.05) is 6.54 Å². The van der Waals surface area contributed by atoms with Crippen LogP contribution in [-0.4, -0.2) is 26.1 Å². The van der Waals surface area contributed by atoms with Crippen molar-refractivity contribution in [3.63, 3.8) is 0 Å². The summed E-state index contributed by atoms with van der Waals surface area (Å²) in [6.07, 6.45) is 0. The van der Waals surface area contributed by atoms with E-state index in [9.17, 15) is 0 Å². The van der Waals surface area contributed by atoms with Crippen LogP contribution in [0.15, 0.2) is 18.2 Å². The molecular weight excluding hydrogens is 198 g/mol. The van der Waals surface area contributed by atoms with E-state index < -0.39 is 0 Å². The molecule has 0 aliphatic rings. The summed E-state index contributed by atoms with van der Waals surface area (Å²) in [5.74, 6) is 0.933.